The molecule has 1 aromatic rings. The zero-order valence-corrected chi connectivity index (χ0v) is 9.93. The molecule has 0 aliphatic heterocycles. The Bertz CT molecular complexity index is 417. The van der Waals surface area contributed by atoms with Crippen molar-refractivity contribution in [2.45, 2.75) is 37.5 Å². The Morgan fingerprint density at radius 2 is 1.82 bits per heavy atom. The van der Waals surface area contributed by atoms with Crippen LogP contribution in [0.5, 0.6) is 5.75 Å². The number of phenols is 1. The van der Waals surface area contributed by atoms with Crippen molar-refractivity contribution < 1.29 is 9.90 Å². The second kappa shape index (κ2) is 3.86. The van der Waals surface area contributed by atoms with E-state index in [1.54, 1.807) is 12.1 Å². The van der Waals surface area contributed by atoms with Crippen molar-refractivity contribution in [1.29, 1.82) is 0 Å². The number of aromatic hydroxyl groups is 1. The Labute approximate surface area is 102 Å². The summed E-state index contributed by atoms with van der Waals surface area (Å²) in [6.45, 7) is 0. The van der Waals surface area contributed by atoms with E-state index in [0.29, 0.717) is 11.7 Å². The first-order valence-electron chi connectivity index (χ1n) is 6.52. The molecule has 2 aliphatic rings. The van der Waals surface area contributed by atoms with E-state index >= 15 is 0 Å². The Kier molecular flexibility index (Phi) is 2.46. The fraction of sp³-hybridized carbons (Fsp3) is 0.533. The fourth-order valence-corrected chi connectivity index (χ4v) is 3.72. The molecule has 2 saturated carbocycles. The molecule has 2 aliphatic carbocycles. The standard InChI is InChI=1S/C15H18O2/c16-10-13-9-15(13,11-3-1-2-4-11)12-5-7-14(17)8-6-12/h5-8,10-11,13,17H,1-4,9H2. The van der Waals surface area contributed by atoms with Gasteiger partial charge in [-0.1, -0.05) is 25.0 Å². The molecule has 0 amide bonds. The number of hydrogen-bond donors (Lipinski definition) is 1. The van der Waals surface area contributed by atoms with Crippen LogP contribution in [0.25, 0.3) is 0 Å². The molecule has 0 radical (unpaired) electrons. The fourth-order valence-electron chi connectivity index (χ4n) is 3.72. The summed E-state index contributed by atoms with van der Waals surface area (Å²) in [4.78, 5) is 11.1. The lowest BCUT2D eigenvalue weighted by molar-refractivity contribution is -0.109. The van der Waals surface area contributed by atoms with Gasteiger partial charge in [-0.05, 0) is 42.9 Å². The molecule has 2 unspecified atom stereocenters. The summed E-state index contributed by atoms with van der Waals surface area (Å²) >= 11 is 0. The van der Waals surface area contributed by atoms with Gasteiger partial charge in [0, 0.05) is 11.3 Å². The Balaban J connectivity index is 1.95. The zero-order chi connectivity index (χ0) is 11.9. The lowest BCUT2D eigenvalue weighted by atomic mass is 9.79. The van der Waals surface area contributed by atoms with E-state index < -0.39 is 0 Å². The lowest BCUT2D eigenvalue weighted by Gasteiger charge is -2.24. The highest BCUT2D eigenvalue weighted by atomic mass is 16.3. The third kappa shape index (κ3) is 1.58. The summed E-state index contributed by atoms with van der Waals surface area (Å²) in [6, 6.07) is 7.48. The minimum Gasteiger partial charge on any atom is -0.508 e. The number of hydrogen-bond acceptors (Lipinski definition) is 2. The Hall–Kier alpha value is -1.31. The molecule has 0 bridgehead atoms. The van der Waals surface area contributed by atoms with Crippen LogP contribution >= 0.6 is 0 Å². The average Bonchev–Trinajstić information content (AvgIpc) is 2.84. The molecular formula is C15H18O2. The topological polar surface area (TPSA) is 37.3 Å². The molecule has 3 rings (SSSR count). The average molecular weight is 230 g/mol. The highest BCUT2D eigenvalue weighted by Gasteiger charge is 2.59. The summed E-state index contributed by atoms with van der Waals surface area (Å²) < 4.78 is 0. The van der Waals surface area contributed by atoms with Crippen molar-refractivity contribution in [2.24, 2.45) is 11.8 Å². The van der Waals surface area contributed by atoms with Crippen molar-refractivity contribution in [2.75, 3.05) is 0 Å². The van der Waals surface area contributed by atoms with Crippen LogP contribution in [0.1, 0.15) is 37.7 Å². The van der Waals surface area contributed by atoms with Gasteiger partial charge in [0.1, 0.15) is 12.0 Å². The van der Waals surface area contributed by atoms with Gasteiger partial charge in [0.25, 0.3) is 0 Å². The van der Waals surface area contributed by atoms with Crippen molar-refractivity contribution >= 4 is 6.29 Å². The van der Waals surface area contributed by atoms with Gasteiger partial charge in [0.05, 0.1) is 0 Å². The molecule has 2 nitrogen and oxygen atoms in total. The van der Waals surface area contributed by atoms with Crippen molar-refractivity contribution in [3.63, 3.8) is 0 Å². The van der Waals surface area contributed by atoms with Crippen LogP contribution in [0, 0.1) is 11.8 Å². The van der Waals surface area contributed by atoms with E-state index in [1.165, 1.54) is 31.2 Å². The number of aldehydes is 1. The predicted molar refractivity (Wildman–Crippen MR) is 65.9 cm³/mol. The number of carbonyl (C=O) groups is 1. The van der Waals surface area contributed by atoms with E-state index in [2.05, 4.69) is 0 Å². The smallest absolute Gasteiger partial charge is 0.124 e. The molecule has 2 fully saturated rings. The van der Waals surface area contributed by atoms with E-state index in [1.807, 2.05) is 12.1 Å². The first-order valence-corrected chi connectivity index (χ1v) is 6.52. The molecule has 0 saturated heterocycles. The van der Waals surface area contributed by atoms with E-state index in [0.717, 1.165) is 12.7 Å². The van der Waals surface area contributed by atoms with Gasteiger partial charge in [0.15, 0.2) is 0 Å². The van der Waals surface area contributed by atoms with Crippen molar-refractivity contribution in [3.8, 4) is 5.75 Å². The second-order valence-electron chi connectivity index (χ2n) is 5.52. The molecule has 90 valence electrons. The highest BCUT2D eigenvalue weighted by molar-refractivity contribution is 5.65. The van der Waals surface area contributed by atoms with E-state index in [-0.39, 0.29) is 11.3 Å². The maximum atomic E-state index is 11.1. The Morgan fingerprint density at radius 3 is 2.35 bits per heavy atom. The number of phenolic OH excluding ortho intramolecular Hbond substituents is 1. The lowest BCUT2D eigenvalue weighted by Crippen LogP contribution is -2.21. The molecule has 1 aromatic carbocycles. The summed E-state index contributed by atoms with van der Waals surface area (Å²) in [7, 11) is 0. The summed E-state index contributed by atoms with van der Waals surface area (Å²) in [5, 5.41) is 9.36. The van der Waals surface area contributed by atoms with Crippen molar-refractivity contribution in [1.82, 2.24) is 0 Å². The second-order valence-corrected chi connectivity index (χ2v) is 5.52. The maximum absolute atomic E-state index is 11.1. The van der Waals surface area contributed by atoms with Crippen LogP contribution in [-0.4, -0.2) is 11.4 Å². The Morgan fingerprint density at radius 1 is 1.18 bits per heavy atom. The van der Waals surface area contributed by atoms with Gasteiger partial charge >= 0.3 is 0 Å². The van der Waals surface area contributed by atoms with Gasteiger partial charge in [0.2, 0.25) is 0 Å². The van der Waals surface area contributed by atoms with E-state index in [9.17, 15) is 9.90 Å². The maximum Gasteiger partial charge on any atom is 0.124 e. The predicted octanol–water partition coefficient (Wildman–Crippen LogP) is 3.04. The number of rotatable bonds is 3. The molecule has 17 heavy (non-hydrogen) atoms. The van der Waals surface area contributed by atoms with Crippen LogP contribution in [0.15, 0.2) is 24.3 Å². The van der Waals surface area contributed by atoms with Crippen LogP contribution < -0.4 is 0 Å². The molecule has 2 heteroatoms. The summed E-state index contributed by atoms with van der Waals surface area (Å²) in [5.41, 5.74) is 1.35. The largest absolute Gasteiger partial charge is 0.508 e. The van der Waals surface area contributed by atoms with E-state index in [4.69, 9.17) is 0 Å². The summed E-state index contributed by atoms with van der Waals surface area (Å²) in [6.07, 6.45) is 7.25. The van der Waals surface area contributed by atoms with Gasteiger partial charge in [-0.3, -0.25) is 0 Å². The van der Waals surface area contributed by atoms with Gasteiger partial charge in [-0.2, -0.15) is 0 Å². The quantitative estimate of drug-likeness (QED) is 0.810. The number of carbonyl (C=O) groups excluding carboxylic acids is 1. The van der Waals surface area contributed by atoms with Crippen LogP contribution in [-0.2, 0) is 10.2 Å². The first kappa shape index (κ1) is 10.8. The van der Waals surface area contributed by atoms with Crippen LogP contribution in [0.3, 0.4) is 0 Å². The van der Waals surface area contributed by atoms with Gasteiger partial charge < -0.3 is 9.90 Å². The molecule has 2 atom stereocenters. The third-order valence-electron chi connectivity index (χ3n) is 4.71. The normalized spacial score (nSPS) is 32.6. The van der Waals surface area contributed by atoms with Gasteiger partial charge in [-0.15, -0.1) is 0 Å². The van der Waals surface area contributed by atoms with Crippen LogP contribution in [0.2, 0.25) is 0 Å². The first-order chi connectivity index (χ1) is 8.27. The van der Waals surface area contributed by atoms with Crippen molar-refractivity contribution in [3.05, 3.63) is 29.8 Å². The third-order valence-corrected chi connectivity index (χ3v) is 4.71. The monoisotopic (exact) mass is 230 g/mol. The molecule has 1 N–H and O–H groups in total. The molecular weight excluding hydrogens is 212 g/mol. The number of benzene rings is 1. The zero-order valence-electron chi connectivity index (χ0n) is 9.93. The molecule has 0 aromatic heterocycles. The molecule has 0 heterocycles. The minimum absolute atomic E-state index is 0.103. The van der Waals surface area contributed by atoms with Crippen LogP contribution in [0.4, 0.5) is 0 Å². The molecule has 0 spiro atoms. The SMILES string of the molecule is O=CC1CC1(c1ccc(O)cc1)C1CCCC1. The minimum atomic E-state index is 0.103. The summed E-state index contributed by atoms with van der Waals surface area (Å²) in [5.74, 6) is 1.18. The highest BCUT2D eigenvalue weighted by Crippen LogP contribution is 2.62. The van der Waals surface area contributed by atoms with Gasteiger partial charge in [-0.25, -0.2) is 0 Å².